The summed E-state index contributed by atoms with van der Waals surface area (Å²) in [5.74, 6) is -0.296. The summed E-state index contributed by atoms with van der Waals surface area (Å²) >= 11 is 0. The van der Waals surface area contributed by atoms with E-state index >= 15 is 0 Å². The quantitative estimate of drug-likeness (QED) is 0.238. The van der Waals surface area contributed by atoms with Gasteiger partial charge in [-0.05, 0) is 39.0 Å². The van der Waals surface area contributed by atoms with Crippen molar-refractivity contribution in [2.24, 2.45) is 0 Å². The van der Waals surface area contributed by atoms with Gasteiger partial charge in [-0.1, -0.05) is 58.8 Å². The number of hydrogen-bond acceptors (Lipinski definition) is 4. The van der Waals surface area contributed by atoms with Gasteiger partial charge in [-0.25, -0.2) is 0 Å². The van der Waals surface area contributed by atoms with Crippen LogP contribution in [0.5, 0.6) is 0 Å². The highest BCUT2D eigenvalue weighted by atomic mass is 16.5. The zero-order valence-corrected chi connectivity index (χ0v) is 16.8. The van der Waals surface area contributed by atoms with Gasteiger partial charge in [-0.3, -0.25) is 9.59 Å². The maximum absolute atomic E-state index is 11.8. The zero-order chi connectivity index (χ0) is 18.8. The van der Waals surface area contributed by atoms with E-state index in [1.54, 1.807) is 0 Å². The van der Waals surface area contributed by atoms with Crippen LogP contribution in [-0.2, 0) is 19.1 Å². The standard InChI is InChI=1S/C21H40O4/c1-4-6-8-9-10-11-15-19(3)25-21(23)17-13-12-16-20(22)24-18-14-7-5-2/h19H,4-18H2,1-3H3. The molecule has 0 aromatic carbocycles. The molecule has 0 spiro atoms. The molecule has 0 aromatic rings. The van der Waals surface area contributed by atoms with Gasteiger partial charge >= 0.3 is 11.9 Å². The molecule has 0 N–H and O–H groups in total. The van der Waals surface area contributed by atoms with Crippen LogP contribution in [0.4, 0.5) is 0 Å². The Balaban J connectivity index is 3.48. The number of carbonyl (C=O) groups is 2. The van der Waals surface area contributed by atoms with Crippen LogP contribution >= 0.6 is 0 Å². The third kappa shape index (κ3) is 17.6. The van der Waals surface area contributed by atoms with E-state index in [9.17, 15) is 9.59 Å². The summed E-state index contributed by atoms with van der Waals surface area (Å²) in [6.07, 6.45) is 13.8. The van der Waals surface area contributed by atoms with Crippen LogP contribution in [0.1, 0.15) is 111 Å². The van der Waals surface area contributed by atoms with Crippen molar-refractivity contribution in [2.45, 2.75) is 117 Å². The second kappa shape index (κ2) is 17.8. The lowest BCUT2D eigenvalue weighted by molar-refractivity contribution is -0.149. The molecular formula is C21H40O4. The Hall–Kier alpha value is -1.06. The van der Waals surface area contributed by atoms with Crippen molar-refractivity contribution in [2.75, 3.05) is 6.61 Å². The molecule has 0 saturated heterocycles. The van der Waals surface area contributed by atoms with E-state index in [2.05, 4.69) is 13.8 Å². The number of carbonyl (C=O) groups excluding carboxylic acids is 2. The molecule has 0 radical (unpaired) electrons. The largest absolute Gasteiger partial charge is 0.466 e. The second-order valence-corrected chi connectivity index (χ2v) is 6.99. The first kappa shape index (κ1) is 23.9. The van der Waals surface area contributed by atoms with Gasteiger partial charge in [0.05, 0.1) is 12.7 Å². The van der Waals surface area contributed by atoms with Crippen LogP contribution in [-0.4, -0.2) is 24.6 Å². The van der Waals surface area contributed by atoms with Crippen molar-refractivity contribution >= 4 is 11.9 Å². The molecule has 0 amide bonds. The molecule has 0 heterocycles. The summed E-state index contributed by atoms with van der Waals surface area (Å²) in [6, 6.07) is 0. The van der Waals surface area contributed by atoms with Gasteiger partial charge in [0.2, 0.25) is 0 Å². The number of hydrogen-bond donors (Lipinski definition) is 0. The Labute approximate surface area is 155 Å². The first-order valence-electron chi connectivity index (χ1n) is 10.4. The third-order valence-corrected chi connectivity index (χ3v) is 4.32. The lowest BCUT2D eigenvalue weighted by atomic mass is 10.1. The Kier molecular flexibility index (Phi) is 17.0. The van der Waals surface area contributed by atoms with Gasteiger partial charge in [-0.15, -0.1) is 0 Å². The molecule has 0 aliphatic heterocycles. The van der Waals surface area contributed by atoms with E-state index < -0.39 is 0 Å². The molecule has 0 aliphatic carbocycles. The fourth-order valence-electron chi connectivity index (χ4n) is 2.70. The van der Waals surface area contributed by atoms with Gasteiger partial charge in [0.25, 0.3) is 0 Å². The first-order valence-corrected chi connectivity index (χ1v) is 10.4. The monoisotopic (exact) mass is 356 g/mol. The summed E-state index contributed by atoms with van der Waals surface area (Å²) in [6.45, 7) is 6.83. The van der Waals surface area contributed by atoms with E-state index in [1.165, 1.54) is 32.1 Å². The van der Waals surface area contributed by atoms with Crippen LogP contribution in [0.2, 0.25) is 0 Å². The molecule has 0 aliphatic rings. The lowest BCUT2D eigenvalue weighted by Gasteiger charge is -2.13. The highest BCUT2D eigenvalue weighted by Gasteiger charge is 2.10. The average Bonchev–Trinajstić information content (AvgIpc) is 2.58. The summed E-state index contributed by atoms with van der Waals surface area (Å²) in [4.78, 5) is 23.3. The Morgan fingerprint density at radius 3 is 1.96 bits per heavy atom. The highest BCUT2D eigenvalue weighted by molar-refractivity contribution is 5.70. The SMILES string of the molecule is CCCCCCCCC(C)OC(=O)CCCCC(=O)OCCCCC. The van der Waals surface area contributed by atoms with Crippen LogP contribution < -0.4 is 0 Å². The van der Waals surface area contributed by atoms with Crippen molar-refractivity contribution in [1.29, 1.82) is 0 Å². The molecule has 0 saturated carbocycles. The van der Waals surface area contributed by atoms with Crippen molar-refractivity contribution in [3.8, 4) is 0 Å². The Bertz CT molecular complexity index is 328. The highest BCUT2D eigenvalue weighted by Crippen LogP contribution is 2.11. The average molecular weight is 357 g/mol. The molecular weight excluding hydrogens is 316 g/mol. The van der Waals surface area contributed by atoms with E-state index in [0.29, 0.717) is 32.3 Å². The van der Waals surface area contributed by atoms with Gasteiger partial charge in [0, 0.05) is 12.8 Å². The molecule has 4 nitrogen and oxygen atoms in total. The molecule has 0 bridgehead atoms. The minimum Gasteiger partial charge on any atom is -0.466 e. The molecule has 0 aromatic heterocycles. The predicted molar refractivity (Wildman–Crippen MR) is 102 cm³/mol. The van der Waals surface area contributed by atoms with Crippen LogP contribution in [0.25, 0.3) is 0 Å². The van der Waals surface area contributed by atoms with Gasteiger partial charge in [-0.2, -0.15) is 0 Å². The minimum absolute atomic E-state index is 0.00204. The van der Waals surface area contributed by atoms with Crippen molar-refractivity contribution in [3.63, 3.8) is 0 Å². The number of esters is 2. The number of rotatable bonds is 17. The Morgan fingerprint density at radius 1 is 0.720 bits per heavy atom. The van der Waals surface area contributed by atoms with E-state index in [4.69, 9.17) is 9.47 Å². The molecule has 1 unspecified atom stereocenters. The van der Waals surface area contributed by atoms with Crippen LogP contribution in [0.3, 0.4) is 0 Å². The fourth-order valence-corrected chi connectivity index (χ4v) is 2.70. The summed E-state index contributed by atoms with van der Waals surface area (Å²) in [5, 5.41) is 0. The topological polar surface area (TPSA) is 52.6 Å². The molecule has 148 valence electrons. The number of unbranched alkanes of at least 4 members (excludes halogenated alkanes) is 8. The lowest BCUT2D eigenvalue weighted by Crippen LogP contribution is -2.14. The minimum atomic E-state index is -0.152. The zero-order valence-electron chi connectivity index (χ0n) is 16.8. The summed E-state index contributed by atoms with van der Waals surface area (Å²) in [5.41, 5.74) is 0. The number of ether oxygens (including phenoxy) is 2. The second-order valence-electron chi connectivity index (χ2n) is 6.99. The van der Waals surface area contributed by atoms with Crippen molar-refractivity contribution < 1.29 is 19.1 Å². The van der Waals surface area contributed by atoms with Gasteiger partial charge < -0.3 is 9.47 Å². The molecule has 25 heavy (non-hydrogen) atoms. The van der Waals surface area contributed by atoms with Crippen molar-refractivity contribution in [3.05, 3.63) is 0 Å². The first-order chi connectivity index (χ1) is 12.1. The normalized spacial score (nSPS) is 12.0. The molecule has 0 rings (SSSR count). The maximum Gasteiger partial charge on any atom is 0.306 e. The molecule has 1 atom stereocenters. The van der Waals surface area contributed by atoms with E-state index in [0.717, 1.165) is 32.1 Å². The molecule has 4 heteroatoms. The third-order valence-electron chi connectivity index (χ3n) is 4.32. The van der Waals surface area contributed by atoms with Crippen LogP contribution in [0.15, 0.2) is 0 Å². The predicted octanol–water partition coefficient (Wildman–Crippen LogP) is 5.96. The van der Waals surface area contributed by atoms with Gasteiger partial charge in [0.1, 0.15) is 0 Å². The summed E-state index contributed by atoms with van der Waals surface area (Å²) in [7, 11) is 0. The maximum atomic E-state index is 11.8. The fraction of sp³-hybridized carbons (Fsp3) is 0.905. The van der Waals surface area contributed by atoms with Crippen LogP contribution in [0, 0.1) is 0 Å². The van der Waals surface area contributed by atoms with E-state index in [1.807, 2.05) is 6.92 Å². The van der Waals surface area contributed by atoms with Crippen molar-refractivity contribution in [1.82, 2.24) is 0 Å². The smallest absolute Gasteiger partial charge is 0.306 e. The van der Waals surface area contributed by atoms with Gasteiger partial charge in [0.15, 0.2) is 0 Å². The summed E-state index contributed by atoms with van der Waals surface area (Å²) < 4.78 is 10.6. The Morgan fingerprint density at radius 2 is 1.28 bits per heavy atom. The van der Waals surface area contributed by atoms with E-state index in [-0.39, 0.29) is 18.0 Å². The molecule has 0 fully saturated rings.